The Morgan fingerprint density at radius 3 is 2.64 bits per heavy atom. The number of rotatable bonds is 3. The van der Waals surface area contributed by atoms with Gasteiger partial charge >= 0.3 is 6.03 Å². The highest BCUT2D eigenvalue weighted by Crippen LogP contribution is 2.11. The average molecular weight is 294 g/mol. The van der Waals surface area contributed by atoms with Crippen molar-refractivity contribution >= 4 is 17.5 Å². The first kappa shape index (κ1) is 13.7. The lowest BCUT2D eigenvalue weighted by molar-refractivity contribution is 0.262. The molecular formula is C15H14N6O. The van der Waals surface area contributed by atoms with Crippen molar-refractivity contribution < 1.29 is 4.79 Å². The summed E-state index contributed by atoms with van der Waals surface area (Å²) in [4.78, 5) is 24.3. The van der Waals surface area contributed by atoms with Gasteiger partial charge in [-0.15, -0.1) is 0 Å². The van der Waals surface area contributed by atoms with E-state index in [1.165, 1.54) is 6.33 Å². The number of urea groups is 1. The second-order valence-electron chi connectivity index (χ2n) is 4.55. The number of hydrogen-bond acceptors (Lipinski definition) is 4. The Hall–Kier alpha value is -3.22. The van der Waals surface area contributed by atoms with Crippen LogP contribution in [0.4, 0.5) is 16.3 Å². The zero-order chi connectivity index (χ0) is 15.4. The standard InChI is InChI=1S/C15H14N6O/c1-11-16-7-8-21(11)14-9-13(17-10-18-14)20-15(22)19-12-5-3-2-4-6-12/h2-10H,1H3,(H2,17,18,19,20,22). The number of anilines is 2. The molecule has 1 aromatic carbocycles. The molecule has 0 saturated heterocycles. The van der Waals surface area contributed by atoms with E-state index in [1.54, 1.807) is 30.6 Å². The number of hydrogen-bond donors (Lipinski definition) is 2. The van der Waals surface area contributed by atoms with Crippen molar-refractivity contribution in [3.8, 4) is 5.82 Å². The molecule has 110 valence electrons. The summed E-state index contributed by atoms with van der Waals surface area (Å²) in [5.41, 5.74) is 0.708. The number of aromatic nitrogens is 4. The highest BCUT2D eigenvalue weighted by Gasteiger charge is 2.07. The van der Waals surface area contributed by atoms with Gasteiger partial charge in [0.25, 0.3) is 0 Å². The molecule has 0 radical (unpaired) electrons. The molecule has 2 N–H and O–H groups in total. The molecule has 22 heavy (non-hydrogen) atoms. The van der Waals surface area contributed by atoms with Gasteiger partial charge in [-0.25, -0.2) is 19.7 Å². The second kappa shape index (κ2) is 6.04. The van der Waals surface area contributed by atoms with E-state index in [2.05, 4.69) is 25.6 Å². The van der Waals surface area contributed by atoms with Gasteiger partial charge in [-0.3, -0.25) is 9.88 Å². The molecule has 0 spiro atoms. The zero-order valence-electron chi connectivity index (χ0n) is 11.9. The van der Waals surface area contributed by atoms with Gasteiger partial charge in [0.2, 0.25) is 0 Å². The molecule has 2 amide bonds. The molecule has 0 fully saturated rings. The maximum atomic E-state index is 11.9. The van der Waals surface area contributed by atoms with Gasteiger partial charge in [0.05, 0.1) is 0 Å². The number of amides is 2. The number of imidazole rings is 1. The Bertz CT molecular complexity index is 783. The van der Waals surface area contributed by atoms with Crippen LogP contribution in [-0.4, -0.2) is 25.6 Å². The van der Waals surface area contributed by atoms with Crippen molar-refractivity contribution in [2.75, 3.05) is 10.6 Å². The number of aryl methyl sites for hydroxylation is 1. The number of carbonyl (C=O) groups excluding carboxylic acids is 1. The van der Waals surface area contributed by atoms with E-state index in [0.717, 1.165) is 5.82 Å². The van der Waals surface area contributed by atoms with Crippen molar-refractivity contribution in [3.05, 3.63) is 60.9 Å². The van der Waals surface area contributed by atoms with Gasteiger partial charge in [-0.2, -0.15) is 0 Å². The van der Waals surface area contributed by atoms with Crippen molar-refractivity contribution in [2.24, 2.45) is 0 Å². The lowest BCUT2D eigenvalue weighted by atomic mass is 10.3. The molecule has 3 rings (SSSR count). The van der Waals surface area contributed by atoms with Gasteiger partial charge in [0.1, 0.15) is 23.8 Å². The summed E-state index contributed by atoms with van der Waals surface area (Å²) < 4.78 is 1.81. The number of nitrogens with zero attached hydrogens (tertiary/aromatic N) is 4. The van der Waals surface area contributed by atoms with Gasteiger partial charge in [-0.1, -0.05) is 18.2 Å². The maximum Gasteiger partial charge on any atom is 0.324 e. The van der Waals surface area contributed by atoms with E-state index in [-0.39, 0.29) is 6.03 Å². The smallest absolute Gasteiger partial charge is 0.308 e. The van der Waals surface area contributed by atoms with Crippen LogP contribution in [0.15, 0.2) is 55.1 Å². The normalized spacial score (nSPS) is 10.2. The molecular weight excluding hydrogens is 280 g/mol. The first-order valence-electron chi connectivity index (χ1n) is 6.68. The van der Waals surface area contributed by atoms with Gasteiger partial charge < -0.3 is 5.32 Å². The molecule has 3 aromatic rings. The molecule has 0 aliphatic rings. The molecule has 0 atom stereocenters. The van der Waals surface area contributed by atoms with Crippen LogP contribution in [0.2, 0.25) is 0 Å². The van der Waals surface area contributed by atoms with E-state index in [1.807, 2.05) is 29.7 Å². The average Bonchev–Trinajstić information content (AvgIpc) is 2.94. The van der Waals surface area contributed by atoms with Crippen LogP contribution in [0.1, 0.15) is 5.82 Å². The molecule has 0 aliphatic heterocycles. The summed E-state index contributed by atoms with van der Waals surface area (Å²) >= 11 is 0. The van der Waals surface area contributed by atoms with Crippen molar-refractivity contribution in [1.29, 1.82) is 0 Å². The fourth-order valence-electron chi connectivity index (χ4n) is 1.97. The third-order valence-corrected chi connectivity index (χ3v) is 3.00. The van der Waals surface area contributed by atoms with Crippen LogP contribution in [0, 0.1) is 6.92 Å². The van der Waals surface area contributed by atoms with E-state index in [0.29, 0.717) is 17.3 Å². The molecule has 0 saturated carbocycles. The quantitative estimate of drug-likeness (QED) is 0.777. The van der Waals surface area contributed by atoms with Crippen LogP contribution >= 0.6 is 0 Å². The van der Waals surface area contributed by atoms with Crippen LogP contribution in [0.5, 0.6) is 0 Å². The second-order valence-corrected chi connectivity index (χ2v) is 4.55. The van der Waals surface area contributed by atoms with Crippen molar-refractivity contribution in [3.63, 3.8) is 0 Å². The Balaban J connectivity index is 1.73. The SMILES string of the molecule is Cc1nccn1-c1cc(NC(=O)Nc2ccccc2)ncn1. The van der Waals surface area contributed by atoms with Gasteiger partial charge in [-0.05, 0) is 19.1 Å². The molecule has 7 heteroatoms. The monoisotopic (exact) mass is 294 g/mol. The molecule has 7 nitrogen and oxygen atoms in total. The Morgan fingerprint density at radius 2 is 1.91 bits per heavy atom. The highest BCUT2D eigenvalue weighted by molar-refractivity contribution is 5.99. The van der Waals surface area contributed by atoms with Crippen molar-refractivity contribution in [2.45, 2.75) is 6.92 Å². The fraction of sp³-hybridized carbons (Fsp3) is 0.0667. The molecule has 0 aliphatic carbocycles. The van der Waals surface area contributed by atoms with Crippen molar-refractivity contribution in [1.82, 2.24) is 19.5 Å². The highest BCUT2D eigenvalue weighted by atomic mass is 16.2. The molecule has 0 bridgehead atoms. The zero-order valence-corrected chi connectivity index (χ0v) is 11.9. The van der Waals surface area contributed by atoms with Gasteiger partial charge in [0.15, 0.2) is 0 Å². The number of nitrogens with one attached hydrogen (secondary N) is 2. The summed E-state index contributed by atoms with van der Waals surface area (Å²) in [6, 6.07) is 10.5. The van der Waals surface area contributed by atoms with Gasteiger partial charge in [0, 0.05) is 24.1 Å². The van der Waals surface area contributed by atoms with Crippen LogP contribution in [0.3, 0.4) is 0 Å². The van der Waals surface area contributed by atoms with Crippen LogP contribution < -0.4 is 10.6 Å². The Kier molecular flexibility index (Phi) is 3.78. The first-order chi connectivity index (χ1) is 10.7. The Labute approximate surface area is 127 Å². The maximum absolute atomic E-state index is 11.9. The predicted molar refractivity (Wildman–Crippen MR) is 83.0 cm³/mol. The summed E-state index contributed by atoms with van der Waals surface area (Å²) in [5, 5.41) is 5.40. The minimum atomic E-state index is -0.363. The lowest BCUT2D eigenvalue weighted by Crippen LogP contribution is -2.20. The number of para-hydroxylation sites is 1. The summed E-state index contributed by atoms with van der Waals surface area (Å²) in [5.74, 6) is 1.85. The van der Waals surface area contributed by atoms with Crippen LogP contribution in [-0.2, 0) is 0 Å². The lowest BCUT2D eigenvalue weighted by Gasteiger charge is -2.08. The molecule has 2 heterocycles. The fourth-order valence-corrected chi connectivity index (χ4v) is 1.97. The van der Waals surface area contributed by atoms with E-state index in [4.69, 9.17) is 0 Å². The van der Waals surface area contributed by atoms with E-state index in [9.17, 15) is 4.79 Å². The number of carbonyl (C=O) groups is 1. The minimum Gasteiger partial charge on any atom is -0.308 e. The summed E-state index contributed by atoms with van der Waals surface area (Å²) in [6.45, 7) is 1.87. The number of benzene rings is 1. The molecule has 0 unspecified atom stereocenters. The predicted octanol–water partition coefficient (Wildman–Crippen LogP) is 2.61. The third kappa shape index (κ3) is 3.09. The minimum absolute atomic E-state index is 0.363. The molecule has 2 aromatic heterocycles. The van der Waals surface area contributed by atoms with Crippen LogP contribution in [0.25, 0.3) is 5.82 Å². The topological polar surface area (TPSA) is 84.7 Å². The first-order valence-corrected chi connectivity index (χ1v) is 6.68. The van der Waals surface area contributed by atoms with E-state index < -0.39 is 0 Å². The third-order valence-electron chi connectivity index (χ3n) is 3.00. The largest absolute Gasteiger partial charge is 0.324 e. The summed E-state index contributed by atoms with van der Waals surface area (Å²) in [6.07, 6.45) is 4.88. The Morgan fingerprint density at radius 1 is 1.09 bits per heavy atom. The summed E-state index contributed by atoms with van der Waals surface area (Å²) in [7, 11) is 0. The van der Waals surface area contributed by atoms with E-state index >= 15 is 0 Å².